The van der Waals surface area contributed by atoms with Gasteiger partial charge in [-0.15, -0.1) is 0 Å². The Balaban J connectivity index is 1.71. The molecule has 0 aromatic rings. The van der Waals surface area contributed by atoms with E-state index in [2.05, 4.69) is 17.1 Å². The number of likely N-dealkylation sites (tertiary alicyclic amines) is 1. The maximum atomic E-state index is 12.0. The van der Waals surface area contributed by atoms with Crippen molar-refractivity contribution in [2.24, 2.45) is 11.7 Å². The third kappa shape index (κ3) is 3.45. The first-order valence-corrected chi connectivity index (χ1v) is 7.41. The molecule has 2 unspecified atom stereocenters. The van der Waals surface area contributed by atoms with Crippen LogP contribution < -0.4 is 11.1 Å². The maximum Gasteiger partial charge on any atom is 0.237 e. The average Bonchev–Trinajstić information content (AvgIpc) is 3.22. The Bertz CT molecular complexity index is 283. The third-order valence-electron chi connectivity index (χ3n) is 4.50. The van der Waals surface area contributed by atoms with E-state index in [-0.39, 0.29) is 17.9 Å². The molecule has 1 saturated heterocycles. The van der Waals surface area contributed by atoms with Gasteiger partial charge in [0.25, 0.3) is 0 Å². The summed E-state index contributed by atoms with van der Waals surface area (Å²) < 4.78 is 0. The highest BCUT2D eigenvalue weighted by atomic mass is 16.2. The number of nitrogens with one attached hydrogen (secondary N) is 1. The molecule has 0 spiro atoms. The molecule has 4 nitrogen and oxygen atoms in total. The zero-order valence-electron chi connectivity index (χ0n) is 11.7. The Morgan fingerprint density at radius 3 is 2.44 bits per heavy atom. The minimum Gasteiger partial charge on any atom is -0.352 e. The average molecular weight is 253 g/mol. The fourth-order valence-electron chi connectivity index (χ4n) is 2.66. The largest absolute Gasteiger partial charge is 0.352 e. The minimum absolute atomic E-state index is 0.0363. The Kier molecular flexibility index (Phi) is 4.62. The van der Waals surface area contributed by atoms with Crippen LogP contribution in [0.25, 0.3) is 0 Å². The Labute approximate surface area is 110 Å². The summed E-state index contributed by atoms with van der Waals surface area (Å²) in [6.45, 7) is 6.38. The van der Waals surface area contributed by atoms with E-state index >= 15 is 0 Å². The molecule has 2 atom stereocenters. The van der Waals surface area contributed by atoms with Crippen molar-refractivity contribution in [1.82, 2.24) is 10.2 Å². The lowest BCUT2D eigenvalue weighted by Gasteiger charge is -2.33. The van der Waals surface area contributed by atoms with Gasteiger partial charge in [-0.25, -0.2) is 0 Å². The monoisotopic (exact) mass is 253 g/mol. The van der Waals surface area contributed by atoms with Crippen LogP contribution in [0.4, 0.5) is 0 Å². The highest BCUT2D eigenvalue weighted by Crippen LogP contribution is 2.29. The number of nitrogens with two attached hydrogens (primary N) is 1. The van der Waals surface area contributed by atoms with Gasteiger partial charge >= 0.3 is 0 Å². The molecule has 0 aromatic heterocycles. The predicted molar refractivity (Wildman–Crippen MR) is 73.2 cm³/mol. The van der Waals surface area contributed by atoms with E-state index in [4.69, 9.17) is 5.73 Å². The molecular formula is C14H27N3O. The molecule has 2 aliphatic rings. The molecular weight excluding hydrogens is 226 g/mol. The van der Waals surface area contributed by atoms with Crippen LogP contribution in [0.5, 0.6) is 0 Å². The smallest absolute Gasteiger partial charge is 0.237 e. The molecule has 104 valence electrons. The number of hydrogen-bond donors (Lipinski definition) is 2. The second-order valence-electron chi connectivity index (χ2n) is 5.96. The molecule has 3 N–H and O–H groups in total. The van der Waals surface area contributed by atoms with Crippen molar-refractivity contribution >= 4 is 5.91 Å². The van der Waals surface area contributed by atoms with Crippen LogP contribution in [0.15, 0.2) is 0 Å². The molecule has 1 amide bonds. The van der Waals surface area contributed by atoms with E-state index < -0.39 is 0 Å². The number of nitrogens with zero attached hydrogens (tertiary/aromatic N) is 1. The summed E-state index contributed by atoms with van der Waals surface area (Å²) in [6, 6.07) is 0.836. The molecule has 1 aliphatic heterocycles. The standard InChI is InChI=1S/C14H27N3O/c1-3-10(2)13(15)14(18)16-11-6-8-17(9-7-11)12-4-5-12/h10-13H,3-9,15H2,1-2H3,(H,16,18). The van der Waals surface area contributed by atoms with E-state index in [1.54, 1.807) is 0 Å². The molecule has 1 aliphatic carbocycles. The molecule has 0 radical (unpaired) electrons. The maximum absolute atomic E-state index is 12.0. The summed E-state index contributed by atoms with van der Waals surface area (Å²) in [5.74, 6) is 0.297. The van der Waals surface area contributed by atoms with Crippen molar-refractivity contribution in [2.75, 3.05) is 13.1 Å². The SMILES string of the molecule is CCC(C)C(N)C(=O)NC1CCN(C2CC2)CC1. The van der Waals surface area contributed by atoms with Crippen molar-refractivity contribution < 1.29 is 4.79 Å². The lowest BCUT2D eigenvalue weighted by molar-refractivity contribution is -0.124. The molecule has 0 aromatic carbocycles. The fraction of sp³-hybridized carbons (Fsp3) is 0.929. The minimum atomic E-state index is -0.350. The quantitative estimate of drug-likeness (QED) is 0.771. The summed E-state index contributed by atoms with van der Waals surface area (Å²) in [5, 5.41) is 3.12. The van der Waals surface area contributed by atoms with Gasteiger partial charge in [-0.1, -0.05) is 20.3 Å². The Morgan fingerprint density at radius 2 is 1.94 bits per heavy atom. The summed E-state index contributed by atoms with van der Waals surface area (Å²) >= 11 is 0. The highest BCUT2D eigenvalue weighted by molar-refractivity contribution is 5.82. The molecule has 0 bridgehead atoms. The summed E-state index contributed by atoms with van der Waals surface area (Å²) in [4.78, 5) is 14.6. The van der Waals surface area contributed by atoms with Crippen molar-refractivity contribution in [3.63, 3.8) is 0 Å². The van der Waals surface area contributed by atoms with Gasteiger partial charge in [0.15, 0.2) is 0 Å². The van der Waals surface area contributed by atoms with E-state index in [9.17, 15) is 4.79 Å². The zero-order chi connectivity index (χ0) is 13.1. The third-order valence-corrected chi connectivity index (χ3v) is 4.50. The van der Waals surface area contributed by atoms with Gasteiger partial charge in [0.2, 0.25) is 5.91 Å². The summed E-state index contributed by atoms with van der Waals surface area (Å²) in [6.07, 6.45) is 5.85. The second kappa shape index (κ2) is 6.02. The van der Waals surface area contributed by atoms with Crippen molar-refractivity contribution in [2.45, 2.75) is 64.1 Å². The van der Waals surface area contributed by atoms with Gasteiger partial charge in [-0.05, 0) is 31.6 Å². The number of piperidine rings is 1. The van der Waals surface area contributed by atoms with Gasteiger partial charge in [0, 0.05) is 25.2 Å². The van der Waals surface area contributed by atoms with Crippen LogP contribution in [-0.4, -0.2) is 42.0 Å². The van der Waals surface area contributed by atoms with Crippen LogP contribution in [-0.2, 0) is 4.79 Å². The molecule has 4 heteroatoms. The summed E-state index contributed by atoms with van der Waals surface area (Å²) in [5.41, 5.74) is 5.95. The first-order chi connectivity index (χ1) is 8.61. The lowest BCUT2D eigenvalue weighted by Crippen LogP contribution is -2.51. The van der Waals surface area contributed by atoms with E-state index in [0.29, 0.717) is 6.04 Å². The van der Waals surface area contributed by atoms with E-state index in [0.717, 1.165) is 38.4 Å². The molecule has 18 heavy (non-hydrogen) atoms. The van der Waals surface area contributed by atoms with Gasteiger partial charge in [0.05, 0.1) is 6.04 Å². The molecule has 1 heterocycles. The number of hydrogen-bond acceptors (Lipinski definition) is 3. The van der Waals surface area contributed by atoms with Crippen molar-refractivity contribution in [3.8, 4) is 0 Å². The topological polar surface area (TPSA) is 58.4 Å². The van der Waals surface area contributed by atoms with Crippen molar-refractivity contribution in [3.05, 3.63) is 0 Å². The zero-order valence-corrected chi connectivity index (χ0v) is 11.7. The normalized spacial score (nSPS) is 25.7. The van der Waals surface area contributed by atoms with E-state index in [1.807, 2.05) is 6.92 Å². The van der Waals surface area contributed by atoms with Gasteiger partial charge in [-0.3, -0.25) is 4.79 Å². The van der Waals surface area contributed by atoms with Crippen LogP contribution in [0.1, 0.15) is 46.0 Å². The number of carbonyl (C=O) groups excluding carboxylic acids is 1. The van der Waals surface area contributed by atoms with Gasteiger partial charge < -0.3 is 16.0 Å². The van der Waals surface area contributed by atoms with Gasteiger partial charge in [0.1, 0.15) is 0 Å². The highest BCUT2D eigenvalue weighted by Gasteiger charge is 2.32. The van der Waals surface area contributed by atoms with Crippen LogP contribution >= 0.6 is 0 Å². The second-order valence-corrected chi connectivity index (χ2v) is 5.96. The first-order valence-electron chi connectivity index (χ1n) is 7.41. The predicted octanol–water partition coefficient (Wildman–Crippen LogP) is 1.10. The molecule has 2 rings (SSSR count). The summed E-state index contributed by atoms with van der Waals surface area (Å²) in [7, 11) is 0. The number of amides is 1. The molecule has 2 fully saturated rings. The van der Waals surface area contributed by atoms with Crippen LogP contribution in [0.3, 0.4) is 0 Å². The van der Waals surface area contributed by atoms with Gasteiger partial charge in [-0.2, -0.15) is 0 Å². The number of carbonyl (C=O) groups is 1. The Morgan fingerprint density at radius 1 is 1.33 bits per heavy atom. The number of rotatable bonds is 5. The van der Waals surface area contributed by atoms with Crippen molar-refractivity contribution in [1.29, 1.82) is 0 Å². The lowest BCUT2D eigenvalue weighted by atomic mass is 9.98. The fourth-order valence-corrected chi connectivity index (χ4v) is 2.66. The molecule has 1 saturated carbocycles. The van der Waals surface area contributed by atoms with Crippen LogP contribution in [0.2, 0.25) is 0 Å². The van der Waals surface area contributed by atoms with Crippen LogP contribution in [0, 0.1) is 5.92 Å². The van der Waals surface area contributed by atoms with E-state index in [1.165, 1.54) is 12.8 Å². The first kappa shape index (κ1) is 13.8. The Hall–Kier alpha value is -0.610.